The number of nitrogens with zero attached hydrogens (tertiary/aromatic N) is 2. The highest BCUT2D eigenvalue weighted by Crippen LogP contribution is 2.24. The average Bonchev–Trinajstić information content (AvgIpc) is 3.10. The molecule has 1 aliphatic heterocycles. The Morgan fingerprint density at radius 1 is 1.43 bits per heavy atom. The van der Waals surface area contributed by atoms with Crippen molar-refractivity contribution in [2.75, 3.05) is 13.1 Å². The molecule has 2 N–H and O–H groups in total. The number of primary amides is 1. The van der Waals surface area contributed by atoms with Crippen LogP contribution in [-0.4, -0.2) is 28.9 Å². The molecular weight excluding hydrogens is 290 g/mol. The number of nitrogens with two attached hydrogens (primary N) is 1. The Hall–Kier alpha value is -1.85. The van der Waals surface area contributed by atoms with Gasteiger partial charge in [-0.25, -0.2) is 4.98 Å². The standard InChI is InChI=1S/C15H16ClN3O2/c16-12-3-1-10(2-4-12)13-7-18-14(21-13)9-19-6-5-11(8-19)15(17)20/h1-4,7,11H,5-6,8-9H2,(H2,17,20)/t11-/m1/s1. The van der Waals surface area contributed by atoms with E-state index < -0.39 is 0 Å². The van der Waals surface area contributed by atoms with Crippen molar-refractivity contribution in [2.45, 2.75) is 13.0 Å². The highest BCUT2D eigenvalue weighted by Gasteiger charge is 2.27. The number of rotatable bonds is 4. The molecule has 1 fully saturated rings. The van der Waals surface area contributed by atoms with Gasteiger partial charge in [-0.1, -0.05) is 11.6 Å². The lowest BCUT2D eigenvalue weighted by Gasteiger charge is -2.12. The molecule has 0 bridgehead atoms. The van der Waals surface area contributed by atoms with E-state index in [-0.39, 0.29) is 11.8 Å². The Balaban J connectivity index is 1.66. The van der Waals surface area contributed by atoms with Gasteiger partial charge in [0.1, 0.15) is 0 Å². The van der Waals surface area contributed by atoms with Crippen molar-refractivity contribution in [3.05, 3.63) is 41.4 Å². The SMILES string of the molecule is NC(=O)[C@@H]1CCN(Cc2ncc(-c3ccc(Cl)cc3)o2)C1. The van der Waals surface area contributed by atoms with Gasteiger partial charge in [0.15, 0.2) is 5.76 Å². The summed E-state index contributed by atoms with van der Waals surface area (Å²) in [4.78, 5) is 17.6. The van der Waals surface area contributed by atoms with Gasteiger partial charge in [0.25, 0.3) is 0 Å². The summed E-state index contributed by atoms with van der Waals surface area (Å²) in [6.45, 7) is 2.11. The lowest BCUT2D eigenvalue weighted by atomic mass is 10.1. The average molecular weight is 306 g/mol. The minimum atomic E-state index is -0.230. The third kappa shape index (κ3) is 3.25. The van der Waals surface area contributed by atoms with E-state index in [1.165, 1.54) is 0 Å². The number of hydrogen-bond acceptors (Lipinski definition) is 4. The number of oxazole rings is 1. The smallest absolute Gasteiger partial charge is 0.221 e. The molecule has 1 aromatic heterocycles. The van der Waals surface area contributed by atoms with Crippen molar-refractivity contribution in [2.24, 2.45) is 11.7 Å². The molecule has 1 aromatic carbocycles. The fourth-order valence-corrected chi connectivity index (χ4v) is 2.66. The monoisotopic (exact) mass is 305 g/mol. The number of amides is 1. The summed E-state index contributed by atoms with van der Waals surface area (Å²) in [5.41, 5.74) is 6.27. The number of aromatic nitrogens is 1. The predicted molar refractivity (Wildman–Crippen MR) is 79.5 cm³/mol. The molecule has 0 aliphatic carbocycles. The number of hydrogen-bond donors (Lipinski definition) is 1. The Labute approximate surface area is 127 Å². The zero-order valence-corrected chi connectivity index (χ0v) is 12.2. The number of carbonyl (C=O) groups excluding carboxylic acids is 1. The van der Waals surface area contributed by atoms with E-state index in [1.54, 1.807) is 6.20 Å². The van der Waals surface area contributed by atoms with Gasteiger partial charge in [-0.15, -0.1) is 0 Å². The molecule has 21 heavy (non-hydrogen) atoms. The summed E-state index contributed by atoms with van der Waals surface area (Å²) in [7, 11) is 0. The highest BCUT2D eigenvalue weighted by molar-refractivity contribution is 6.30. The lowest BCUT2D eigenvalue weighted by molar-refractivity contribution is -0.121. The molecule has 0 saturated carbocycles. The van der Waals surface area contributed by atoms with Crippen LogP contribution in [0, 0.1) is 5.92 Å². The van der Waals surface area contributed by atoms with Gasteiger partial charge in [0, 0.05) is 17.1 Å². The fraction of sp³-hybridized carbons (Fsp3) is 0.333. The van der Waals surface area contributed by atoms with E-state index in [4.69, 9.17) is 21.8 Å². The Kier molecular flexibility index (Phi) is 3.94. The van der Waals surface area contributed by atoms with Gasteiger partial charge in [-0.2, -0.15) is 0 Å². The zero-order chi connectivity index (χ0) is 14.8. The molecule has 1 saturated heterocycles. The van der Waals surface area contributed by atoms with Crippen LogP contribution in [0.25, 0.3) is 11.3 Å². The van der Waals surface area contributed by atoms with Gasteiger partial charge in [0.05, 0.1) is 18.7 Å². The molecule has 110 valence electrons. The molecule has 0 spiro atoms. The van der Waals surface area contributed by atoms with Crippen LogP contribution in [0.2, 0.25) is 5.02 Å². The van der Waals surface area contributed by atoms with E-state index in [1.807, 2.05) is 24.3 Å². The van der Waals surface area contributed by atoms with Crippen molar-refractivity contribution in [3.63, 3.8) is 0 Å². The van der Waals surface area contributed by atoms with Crippen LogP contribution in [0.15, 0.2) is 34.9 Å². The summed E-state index contributed by atoms with van der Waals surface area (Å²) < 4.78 is 5.76. The molecule has 5 nitrogen and oxygen atoms in total. The molecule has 2 heterocycles. The number of carbonyl (C=O) groups is 1. The molecular formula is C15H16ClN3O2. The molecule has 0 unspecified atom stereocenters. The van der Waals surface area contributed by atoms with Gasteiger partial charge in [-0.05, 0) is 37.2 Å². The largest absolute Gasteiger partial charge is 0.439 e. The molecule has 3 rings (SSSR count). The second-order valence-electron chi connectivity index (χ2n) is 5.25. The maximum atomic E-state index is 11.2. The van der Waals surface area contributed by atoms with Gasteiger partial charge >= 0.3 is 0 Å². The van der Waals surface area contributed by atoms with Crippen LogP contribution in [0.1, 0.15) is 12.3 Å². The first-order valence-corrected chi connectivity index (χ1v) is 7.22. The third-order valence-electron chi connectivity index (χ3n) is 3.72. The minimum Gasteiger partial charge on any atom is -0.439 e. The second kappa shape index (κ2) is 5.87. The third-order valence-corrected chi connectivity index (χ3v) is 3.97. The maximum absolute atomic E-state index is 11.2. The van der Waals surface area contributed by atoms with Crippen molar-refractivity contribution < 1.29 is 9.21 Å². The first-order valence-electron chi connectivity index (χ1n) is 6.84. The molecule has 0 radical (unpaired) electrons. The maximum Gasteiger partial charge on any atom is 0.221 e. The summed E-state index contributed by atoms with van der Waals surface area (Å²) >= 11 is 5.87. The summed E-state index contributed by atoms with van der Waals surface area (Å²) in [5, 5.41) is 0.688. The lowest BCUT2D eigenvalue weighted by Crippen LogP contribution is -2.27. The van der Waals surface area contributed by atoms with Crippen molar-refractivity contribution in [1.82, 2.24) is 9.88 Å². The number of likely N-dealkylation sites (tertiary alicyclic amines) is 1. The van der Waals surface area contributed by atoms with Crippen LogP contribution in [0.4, 0.5) is 0 Å². The van der Waals surface area contributed by atoms with Crippen molar-refractivity contribution >= 4 is 17.5 Å². The molecule has 6 heteroatoms. The van der Waals surface area contributed by atoms with E-state index in [9.17, 15) is 4.79 Å². The van der Waals surface area contributed by atoms with E-state index in [2.05, 4.69) is 9.88 Å². The number of halogens is 1. The topological polar surface area (TPSA) is 72.4 Å². The molecule has 1 aliphatic rings. The van der Waals surface area contributed by atoms with Gasteiger partial charge < -0.3 is 10.2 Å². The van der Waals surface area contributed by atoms with Gasteiger partial charge in [-0.3, -0.25) is 9.69 Å². The van der Waals surface area contributed by atoms with E-state index >= 15 is 0 Å². The normalized spacial score (nSPS) is 19.0. The molecule has 2 aromatic rings. The minimum absolute atomic E-state index is 0.0595. The van der Waals surface area contributed by atoms with Crippen molar-refractivity contribution in [3.8, 4) is 11.3 Å². The first-order chi connectivity index (χ1) is 10.1. The Morgan fingerprint density at radius 2 is 2.19 bits per heavy atom. The van der Waals surface area contributed by atoms with Crippen LogP contribution in [0.5, 0.6) is 0 Å². The van der Waals surface area contributed by atoms with Crippen LogP contribution in [-0.2, 0) is 11.3 Å². The number of benzene rings is 1. The van der Waals surface area contributed by atoms with E-state index in [0.29, 0.717) is 29.8 Å². The summed E-state index contributed by atoms with van der Waals surface area (Å²) in [6.07, 6.45) is 2.51. The van der Waals surface area contributed by atoms with E-state index in [0.717, 1.165) is 18.5 Å². The summed E-state index contributed by atoms with van der Waals surface area (Å²) in [6, 6.07) is 7.42. The quantitative estimate of drug-likeness (QED) is 0.940. The summed E-state index contributed by atoms with van der Waals surface area (Å²) in [5.74, 6) is 1.07. The molecule has 1 amide bonds. The van der Waals surface area contributed by atoms with Crippen LogP contribution >= 0.6 is 11.6 Å². The van der Waals surface area contributed by atoms with Crippen LogP contribution < -0.4 is 5.73 Å². The van der Waals surface area contributed by atoms with Gasteiger partial charge in [0.2, 0.25) is 11.8 Å². The second-order valence-corrected chi connectivity index (χ2v) is 5.68. The fourth-order valence-electron chi connectivity index (χ4n) is 2.53. The zero-order valence-electron chi connectivity index (χ0n) is 11.5. The first kappa shape index (κ1) is 14.1. The Morgan fingerprint density at radius 3 is 2.86 bits per heavy atom. The molecule has 1 atom stereocenters. The van der Waals surface area contributed by atoms with Crippen LogP contribution in [0.3, 0.4) is 0 Å². The Bertz CT molecular complexity index is 639. The predicted octanol–water partition coefficient (Wildman–Crippen LogP) is 2.30. The van der Waals surface area contributed by atoms with Crippen molar-refractivity contribution in [1.29, 1.82) is 0 Å². The highest BCUT2D eigenvalue weighted by atomic mass is 35.5.